The van der Waals surface area contributed by atoms with Crippen molar-refractivity contribution >= 4 is 11.8 Å². The molecule has 86 valence electrons. The number of rotatable bonds is 2. The number of Topliss-reactive ketones (excluding diaryl/α,β-unsaturated/α-hetero) is 1. The average molecular weight is 212 g/mol. The van der Waals surface area contributed by atoms with Crippen LogP contribution < -0.4 is 0 Å². The van der Waals surface area contributed by atoms with Crippen molar-refractivity contribution in [3.8, 4) is 0 Å². The van der Waals surface area contributed by atoms with Crippen molar-refractivity contribution in [2.24, 2.45) is 10.8 Å². The average Bonchev–Trinajstić information content (AvgIpc) is 2.21. The Kier molecular flexibility index (Phi) is 2.94. The fourth-order valence-corrected chi connectivity index (χ4v) is 2.54. The molecule has 0 spiro atoms. The standard InChI is InChI=1S/C12H20O3/c1-8(13)12(5)7-10(15-9(2)14)6-11(12,3)4/h10H,6-7H2,1-5H3/t10-,12-/m0/s1. The molecule has 3 nitrogen and oxygen atoms in total. The Morgan fingerprint density at radius 3 is 2.00 bits per heavy atom. The zero-order valence-corrected chi connectivity index (χ0v) is 10.2. The van der Waals surface area contributed by atoms with Gasteiger partial charge in [-0.1, -0.05) is 20.8 Å². The molecule has 0 N–H and O–H groups in total. The molecule has 15 heavy (non-hydrogen) atoms. The molecule has 1 saturated carbocycles. The van der Waals surface area contributed by atoms with Gasteiger partial charge in [0.2, 0.25) is 0 Å². The van der Waals surface area contributed by atoms with Gasteiger partial charge in [-0.3, -0.25) is 9.59 Å². The summed E-state index contributed by atoms with van der Waals surface area (Å²) >= 11 is 0. The molecule has 0 aromatic carbocycles. The van der Waals surface area contributed by atoms with Crippen molar-refractivity contribution in [1.29, 1.82) is 0 Å². The predicted molar refractivity (Wildman–Crippen MR) is 57.4 cm³/mol. The number of ether oxygens (including phenoxy) is 1. The number of ketones is 1. The maximum Gasteiger partial charge on any atom is 0.302 e. The first kappa shape index (κ1) is 12.2. The summed E-state index contributed by atoms with van der Waals surface area (Å²) in [6.45, 7) is 9.14. The lowest BCUT2D eigenvalue weighted by molar-refractivity contribution is -0.146. The number of hydrogen-bond donors (Lipinski definition) is 0. The fraction of sp³-hybridized carbons (Fsp3) is 0.833. The second-order valence-corrected chi connectivity index (χ2v) is 5.41. The molecule has 0 radical (unpaired) electrons. The molecule has 0 bridgehead atoms. The molecule has 2 atom stereocenters. The Labute approximate surface area is 91.2 Å². The molecule has 1 rings (SSSR count). The van der Waals surface area contributed by atoms with Gasteiger partial charge in [-0.25, -0.2) is 0 Å². The van der Waals surface area contributed by atoms with E-state index in [1.807, 2.05) is 6.92 Å². The topological polar surface area (TPSA) is 43.4 Å². The number of carbonyl (C=O) groups is 2. The Hall–Kier alpha value is -0.860. The third-order valence-electron chi connectivity index (χ3n) is 3.98. The second-order valence-electron chi connectivity index (χ2n) is 5.41. The van der Waals surface area contributed by atoms with E-state index < -0.39 is 0 Å². The molecular weight excluding hydrogens is 192 g/mol. The third-order valence-corrected chi connectivity index (χ3v) is 3.98. The number of carbonyl (C=O) groups excluding carboxylic acids is 2. The summed E-state index contributed by atoms with van der Waals surface area (Å²) in [5, 5.41) is 0. The lowest BCUT2D eigenvalue weighted by Crippen LogP contribution is -2.36. The van der Waals surface area contributed by atoms with Crippen LogP contribution >= 0.6 is 0 Å². The van der Waals surface area contributed by atoms with Crippen LogP contribution in [0.2, 0.25) is 0 Å². The van der Waals surface area contributed by atoms with Crippen molar-refractivity contribution < 1.29 is 14.3 Å². The minimum absolute atomic E-state index is 0.0983. The zero-order valence-electron chi connectivity index (χ0n) is 10.2. The summed E-state index contributed by atoms with van der Waals surface area (Å²) in [4.78, 5) is 22.6. The lowest BCUT2D eigenvalue weighted by atomic mass is 9.67. The van der Waals surface area contributed by atoms with E-state index in [4.69, 9.17) is 4.74 Å². The van der Waals surface area contributed by atoms with E-state index in [0.29, 0.717) is 6.42 Å². The van der Waals surface area contributed by atoms with Gasteiger partial charge in [-0.15, -0.1) is 0 Å². The van der Waals surface area contributed by atoms with Crippen LogP contribution in [0.15, 0.2) is 0 Å². The molecule has 1 fully saturated rings. The number of hydrogen-bond acceptors (Lipinski definition) is 3. The minimum atomic E-state index is -0.368. The molecule has 1 aliphatic carbocycles. The zero-order chi connectivity index (χ0) is 11.9. The molecule has 3 heteroatoms. The van der Waals surface area contributed by atoms with Crippen molar-refractivity contribution in [2.45, 2.75) is 53.6 Å². The summed E-state index contributed by atoms with van der Waals surface area (Å²) in [7, 11) is 0. The summed E-state index contributed by atoms with van der Waals surface area (Å²) in [6.07, 6.45) is 1.31. The van der Waals surface area contributed by atoms with E-state index in [9.17, 15) is 9.59 Å². The van der Waals surface area contributed by atoms with E-state index in [0.717, 1.165) is 6.42 Å². The molecule has 0 aromatic rings. The highest BCUT2D eigenvalue weighted by Gasteiger charge is 2.53. The van der Waals surface area contributed by atoms with E-state index in [1.54, 1.807) is 6.92 Å². The first-order valence-electron chi connectivity index (χ1n) is 5.37. The van der Waals surface area contributed by atoms with Gasteiger partial charge in [0.1, 0.15) is 11.9 Å². The van der Waals surface area contributed by atoms with E-state index in [1.165, 1.54) is 6.92 Å². The van der Waals surface area contributed by atoms with Crippen LogP contribution in [0.1, 0.15) is 47.5 Å². The van der Waals surface area contributed by atoms with Gasteiger partial charge in [-0.2, -0.15) is 0 Å². The molecule has 0 unspecified atom stereocenters. The van der Waals surface area contributed by atoms with Gasteiger partial charge in [0.25, 0.3) is 0 Å². The van der Waals surface area contributed by atoms with Crippen molar-refractivity contribution in [1.82, 2.24) is 0 Å². The van der Waals surface area contributed by atoms with Gasteiger partial charge in [0, 0.05) is 12.3 Å². The first-order chi connectivity index (χ1) is 6.69. The van der Waals surface area contributed by atoms with Crippen LogP contribution in [0.5, 0.6) is 0 Å². The molecular formula is C12H20O3. The first-order valence-corrected chi connectivity index (χ1v) is 5.37. The van der Waals surface area contributed by atoms with E-state index >= 15 is 0 Å². The van der Waals surface area contributed by atoms with Crippen molar-refractivity contribution in [3.63, 3.8) is 0 Å². The summed E-state index contributed by atoms with van der Waals surface area (Å²) in [5.74, 6) is -0.0780. The van der Waals surface area contributed by atoms with Gasteiger partial charge in [0.05, 0.1) is 0 Å². The molecule has 1 aliphatic rings. The quantitative estimate of drug-likeness (QED) is 0.660. The van der Waals surface area contributed by atoms with Crippen LogP contribution in [0.25, 0.3) is 0 Å². The van der Waals surface area contributed by atoms with Crippen molar-refractivity contribution in [3.05, 3.63) is 0 Å². The monoisotopic (exact) mass is 212 g/mol. The third kappa shape index (κ3) is 2.06. The van der Waals surface area contributed by atoms with Crippen LogP contribution in [0.3, 0.4) is 0 Å². The molecule has 0 amide bonds. The number of esters is 1. The highest BCUT2D eigenvalue weighted by molar-refractivity contribution is 5.83. The lowest BCUT2D eigenvalue weighted by Gasteiger charge is -2.35. The van der Waals surface area contributed by atoms with E-state index in [-0.39, 0.29) is 28.7 Å². The normalized spacial score (nSPS) is 33.8. The van der Waals surface area contributed by atoms with Gasteiger partial charge in [-0.05, 0) is 25.2 Å². The summed E-state index contributed by atoms with van der Waals surface area (Å²) in [6, 6.07) is 0. The van der Waals surface area contributed by atoms with Gasteiger partial charge in [0.15, 0.2) is 0 Å². The minimum Gasteiger partial charge on any atom is -0.463 e. The second kappa shape index (κ2) is 3.62. The summed E-state index contributed by atoms with van der Waals surface area (Å²) < 4.78 is 5.20. The maximum absolute atomic E-state index is 11.7. The Bertz CT molecular complexity index is 293. The SMILES string of the molecule is CC(=O)O[C@H]1CC(C)(C)[C@](C)(C(C)=O)C1. The van der Waals surface area contributed by atoms with Gasteiger partial charge < -0.3 is 4.74 Å². The Balaban J connectivity index is 2.85. The summed E-state index contributed by atoms with van der Waals surface area (Å²) in [5.41, 5.74) is -0.466. The molecule has 0 aromatic heterocycles. The van der Waals surface area contributed by atoms with Crippen LogP contribution in [-0.2, 0) is 14.3 Å². The molecule has 0 heterocycles. The fourth-order valence-electron chi connectivity index (χ4n) is 2.54. The van der Waals surface area contributed by atoms with Crippen molar-refractivity contribution in [2.75, 3.05) is 0 Å². The highest BCUT2D eigenvalue weighted by Crippen LogP contribution is 2.53. The maximum atomic E-state index is 11.7. The Morgan fingerprint density at radius 2 is 1.67 bits per heavy atom. The highest BCUT2D eigenvalue weighted by atomic mass is 16.5. The smallest absolute Gasteiger partial charge is 0.302 e. The molecule has 0 aliphatic heterocycles. The van der Waals surface area contributed by atoms with Crippen LogP contribution in [0.4, 0.5) is 0 Å². The van der Waals surface area contributed by atoms with Crippen LogP contribution in [-0.4, -0.2) is 17.9 Å². The largest absolute Gasteiger partial charge is 0.463 e. The van der Waals surface area contributed by atoms with Crippen LogP contribution in [0, 0.1) is 10.8 Å². The molecule has 0 saturated heterocycles. The van der Waals surface area contributed by atoms with E-state index in [2.05, 4.69) is 13.8 Å². The Morgan fingerprint density at radius 1 is 1.13 bits per heavy atom. The van der Waals surface area contributed by atoms with Gasteiger partial charge >= 0.3 is 5.97 Å². The predicted octanol–water partition coefficient (Wildman–Crippen LogP) is 2.33.